The number of nitrogen functional groups attached to an aromatic ring is 1. The fourth-order valence-corrected chi connectivity index (χ4v) is 1.32. The van der Waals surface area contributed by atoms with E-state index in [0.717, 1.165) is 0 Å². The van der Waals surface area contributed by atoms with Crippen LogP contribution < -0.4 is 11.3 Å². The van der Waals surface area contributed by atoms with Gasteiger partial charge in [0.2, 0.25) is 0 Å². The van der Waals surface area contributed by atoms with Crippen LogP contribution in [0.1, 0.15) is 0 Å². The fraction of sp³-hybridized carbons (Fsp3) is 0. The van der Waals surface area contributed by atoms with E-state index >= 15 is 0 Å². The first-order chi connectivity index (χ1) is 5.20. The number of nitrogens with two attached hydrogens (primary N) is 1. The second-order valence-electron chi connectivity index (χ2n) is 2.34. The molecule has 0 radical (unpaired) electrons. The molecule has 11 heavy (non-hydrogen) atoms. The maximum absolute atomic E-state index is 11.0. The van der Waals surface area contributed by atoms with Crippen molar-refractivity contribution in [2.75, 3.05) is 5.73 Å². The first-order valence-corrected chi connectivity index (χ1v) is 3.47. The topological polar surface area (TPSA) is 58.9 Å². The molecule has 0 aliphatic carbocycles. The standard InChI is InChI=1S/C7H5ClN2O/c8-5-3-1-2-4(6(5)9)10-7(3)11/h1-2H,9H2,(H,10,11). The normalized spacial score (nSPS) is 11.0. The number of hydrogen-bond donors (Lipinski definition) is 2. The van der Waals surface area contributed by atoms with E-state index < -0.39 is 0 Å². The number of rotatable bonds is 0. The van der Waals surface area contributed by atoms with Gasteiger partial charge >= 0.3 is 0 Å². The zero-order chi connectivity index (χ0) is 8.01. The molecule has 56 valence electrons. The first kappa shape index (κ1) is 6.49. The molecule has 0 aliphatic heterocycles. The summed E-state index contributed by atoms with van der Waals surface area (Å²) in [4.78, 5) is 13.6. The zero-order valence-electron chi connectivity index (χ0n) is 5.52. The largest absolute Gasteiger partial charge is 0.396 e. The van der Waals surface area contributed by atoms with Gasteiger partial charge in [0.25, 0.3) is 5.56 Å². The van der Waals surface area contributed by atoms with Crippen LogP contribution in [-0.4, -0.2) is 4.98 Å². The molecular formula is C7H5ClN2O. The van der Waals surface area contributed by atoms with Gasteiger partial charge in [-0.2, -0.15) is 0 Å². The maximum atomic E-state index is 11.0. The third kappa shape index (κ3) is 0.714. The minimum Gasteiger partial charge on any atom is -0.396 e. The van der Waals surface area contributed by atoms with E-state index in [2.05, 4.69) is 4.98 Å². The van der Waals surface area contributed by atoms with Crippen LogP contribution in [0.5, 0.6) is 0 Å². The predicted octanol–water partition coefficient (Wildman–Crippen LogP) is 1.20. The van der Waals surface area contributed by atoms with Crippen LogP contribution in [0.4, 0.5) is 5.69 Å². The Morgan fingerprint density at radius 2 is 2.18 bits per heavy atom. The fourth-order valence-electron chi connectivity index (χ4n) is 1.07. The van der Waals surface area contributed by atoms with Gasteiger partial charge in [0.05, 0.1) is 21.6 Å². The van der Waals surface area contributed by atoms with Gasteiger partial charge in [-0.15, -0.1) is 0 Å². The van der Waals surface area contributed by atoms with Crippen molar-refractivity contribution in [3.63, 3.8) is 0 Å². The highest BCUT2D eigenvalue weighted by atomic mass is 35.5. The van der Waals surface area contributed by atoms with Crippen molar-refractivity contribution in [3.05, 3.63) is 27.5 Å². The molecule has 0 atom stereocenters. The molecule has 0 unspecified atom stereocenters. The molecule has 3 aromatic rings. The lowest BCUT2D eigenvalue weighted by Gasteiger charge is -2.04. The number of nitrogens with one attached hydrogen (secondary N) is 1. The van der Waals surface area contributed by atoms with Crippen LogP contribution in [0.2, 0.25) is 5.02 Å². The molecule has 0 saturated carbocycles. The maximum Gasteiger partial charge on any atom is 0.257 e. The van der Waals surface area contributed by atoms with Gasteiger partial charge in [0.15, 0.2) is 0 Å². The summed E-state index contributed by atoms with van der Waals surface area (Å²) in [6, 6.07) is 3.39. The minimum absolute atomic E-state index is 0.179. The van der Waals surface area contributed by atoms with Crippen LogP contribution in [0, 0.1) is 0 Å². The number of fused-ring (bicyclic) bond motifs is 3. The summed E-state index contributed by atoms with van der Waals surface area (Å²) in [6.45, 7) is 0. The van der Waals surface area contributed by atoms with E-state index in [1.54, 1.807) is 12.1 Å². The van der Waals surface area contributed by atoms with Crippen LogP contribution in [-0.2, 0) is 0 Å². The summed E-state index contributed by atoms with van der Waals surface area (Å²) < 4.78 is 0. The summed E-state index contributed by atoms with van der Waals surface area (Å²) >= 11 is 5.74. The van der Waals surface area contributed by atoms with Crippen molar-refractivity contribution >= 4 is 28.2 Å². The van der Waals surface area contributed by atoms with Gasteiger partial charge in [-0.25, -0.2) is 0 Å². The third-order valence-electron chi connectivity index (χ3n) is 1.67. The number of anilines is 1. The van der Waals surface area contributed by atoms with Gasteiger partial charge in [-0.3, -0.25) is 4.79 Å². The highest BCUT2D eigenvalue weighted by Gasteiger charge is 2.08. The van der Waals surface area contributed by atoms with Gasteiger partial charge in [-0.1, -0.05) is 11.6 Å². The Kier molecular flexibility index (Phi) is 1.11. The summed E-state index contributed by atoms with van der Waals surface area (Å²) in [5.41, 5.74) is 6.41. The third-order valence-corrected chi connectivity index (χ3v) is 2.08. The number of benzene rings is 1. The van der Waals surface area contributed by atoms with E-state index in [9.17, 15) is 4.79 Å². The second-order valence-corrected chi connectivity index (χ2v) is 2.72. The Balaban J connectivity index is 3.11. The molecular weight excluding hydrogens is 164 g/mol. The van der Waals surface area contributed by atoms with Crippen molar-refractivity contribution in [1.29, 1.82) is 0 Å². The number of aromatic amines is 1. The SMILES string of the molecule is Nc1c(Cl)c2ccc1[nH]c2=O. The van der Waals surface area contributed by atoms with Gasteiger partial charge in [0.1, 0.15) is 0 Å². The number of halogens is 1. The average Bonchev–Trinajstić information content (AvgIpc) is 1.99. The summed E-state index contributed by atoms with van der Waals surface area (Å²) in [5.74, 6) is 0. The van der Waals surface area contributed by atoms with Gasteiger partial charge < -0.3 is 10.7 Å². The van der Waals surface area contributed by atoms with E-state index in [4.69, 9.17) is 17.3 Å². The molecule has 2 bridgehead atoms. The molecule has 2 aromatic heterocycles. The summed E-state index contributed by atoms with van der Waals surface area (Å²) in [5, 5.41) is 0.797. The van der Waals surface area contributed by atoms with Gasteiger partial charge in [0, 0.05) is 0 Å². The molecule has 0 spiro atoms. The quantitative estimate of drug-likeness (QED) is 0.581. The molecule has 3 N–H and O–H groups in total. The van der Waals surface area contributed by atoms with Crippen molar-refractivity contribution in [3.8, 4) is 0 Å². The molecule has 1 aromatic carbocycles. The summed E-state index contributed by atoms with van der Waals surface area (Å²) in [7, 11) is 0. The monoisotopic (exact) mass is 168 g/mol. The highest BCUT2D eigenvalue weighted by Crippen LogP contribution is 2.26. The first-order valence-electron chi connectivity index (χ1n) is 3.09. The molecule has 0 saturated heterocycles. The average molecular weight is 169 g/mol. The van der Waals surface area contributed by atoms with E-state index in [1.165, 1.54) is 0 Å². The number of hydrogen-bond acceptors (Lipinski definition) is 2. The number of H-pyrrole nitrogens is 1. The van der Waals surface area contributed by atoms with Gasteiger partial charge in [-0.05, 0) is 12.1 Å². The molecule has 2 heterocycles. The van der Waals surface area contributed by atoms with Crippen LogP contribution in [0.15, 0.2) is 16.9 Å². The van der Waals surface area contributed by atoms with Crippen LogP contribution in [0.3, 0.4) is 0 Å². The number of pyridine rings is 2. The molecule has 3 nitrogen and oxygen atoms in total. The Bertz CT molecular complexity index is 448. The molecule has 4 heteroatoms. The lowest BCUT2D eigenvalue weighted by Crippen LogP contribution is -2.10. The predicted molar refractivity (Wildman–Crippen MR) is 45.2 cm³/mol. The lowest BCUT2D eigenvalue weighted by atomic mass is 10.2. The Morgan fingerprint density at radius 1 is 1.45 bits per heavy atom. The van der Waals surface area contributed by atoms with Crippen molar-refractivity contribution in [2.24, 2.45) is 0 Å². The molecule has 3 rings (SSSR count). The van der Waals surface area contributed by atoms with Crippen molar-refractivity contribution in [1.82, 2.24) is 4.98 Å². The van der Waals surface area contributed by atoms with Crippen molar-refractivity contribution in [2.45, 2.75) is 0 Å². The van der Waals surface area contributed by atoms with E-state index in [0.29, 0.717) is 21.6 Å². The minimum atomic E-state index is -0.179. The van der Waals surface area contributed by atoms with Crippen LogP contribution in [0.25, 0.3) is 10.9 Å². The Hall–Kier alpha value is -1.22. The molecule has 0 fully saturated rings. The van der Waals surface area contributed by atoms with Crippen LogP contribution >= 0.6 is 11.6 Å². The zero-order valence-corrected chi connectivity index (χ0v) is 6.27. The Morgan fingerprint density at radius 3 is 2.64 bits per heavy atom. The molecule has 0 amide bonds. The molecule has 0 aliphatic rings. The second kappa shape index (κ2) is 1.89. The van der Waals surface area contributed by atoms with E-state index in [1.807, 2.05) is 0 Å². The van der Waals surface area contributed by atoms with E-state index in [-0.39, 0.29) is 5.56 Å². The lowest BCUT2D eigenvalue weighted by molar-refractivity contribution is 1.31. The highest BCUT2D eigenvalue weighted by molar-refractivity contribution is 6.37. The van der Waals surface area contributed by atoms with Crippen molar-refractivity contribution < 1.29 is 0 Å². The summed E-state index contributed by atoms with van der Waals surface area (Å²) in [6.07, 6.45) is 0. The smallest absolute Gasteiger partial charge is 0.257 e. The number of aromatic nitrogens is 1. The Labute approximate surface area is 67.1 Å².